The average Bonchev–Trinajstić information content (AvgIpc) is 3.12. The zero-order chi connectivity index (χ0) is 18.6. The van der Waals surface area contributed by atoms with Crippen molar-refractivity contribution in [1.29, 1.82) is 0 Å². The van der Waals surface area contributed by atoms with Gasteiger partial charge in [0.15, 0.2) is 15.1 Å². The molecule has 0 radical (unpaired) electrons. The van der Waals surface area contributed by atoms with Gasteiger partial charge in [0.05, 0.1) is 4.90 Å². The van der Waals surface area contributed by atoms with Crippen molar-refractivity contribution in [3.63, 3.8) is 0 Å². The van der Waals surface area contributed by atoms with E-state index in [0.29, 0.717) is 4.90 Å². The third kappa shape index (κ3) is 2.15. The summed E-state index contributed by atoms with van der Waals surface area (Å²) in [5, 5.41) is -0.690. The van der Waals surface area contributed by atoms with Crippen molar-refractivity contribution in [1.82, 2.24) is 5.43 Å². The summed E-state index contributed by atoms with van der Waals surface area (Å²) in [6, 6.07) is 26.9. The van der Waals surface area contributed by atoms with Crippen LogP contribution in [0.5, 0.6) is 0 Å². The number of nitrogens with one attached hydrogen (secondary N) is 1. The number of para-hydroxylation sites is 1. The van der Waals surface area contributed by atoms with E-state index in [1.807, 2.05) is 84.4 Å². The summed E-state index contributed by atoms with van der Waals surface area (Å²) in [5.74, 6) is 0. The highest BCUT2D eigenvalue weighted by atomic mass is 32.2. The monoisotopic (exact) mass is 375 g/mol. The van der Waals surface area contributed by atoms with Crippen LogP contribution in [0.1, 0.15) is 18.1 Å². The Morgan fingerprint density at radius 2 is 1.44 bits per heavy atom. The quantitative estimate of drug-likeness (QED) is 0.699. The Kier molecular flexibility index (Phi) is 3.34. The number of hydrazone groups is 1. The molecule has 27 heavy (non-hydrogen) atoms. The van der Waals surface area contributed by atoms with Crippen molar-refractivity contribution in [3.8, 4) is 0 Å². The van der Waals surface area contributed by atoms with E-state index in [2.05, 4.69) is 5.43 Å². The summed E-state index contributed by atoms with van der Waals surface area (Å²) in [5.41, 5.74) is 6.20. The minimum Gasteiger partial charge on any atom is -0.223 e. The zero-order valence-corrected chi connectivity index (χ0v) is 15.6. The highest BCUT2D eigenvalue weighted by molar-refractivity contribution is 7.93. The van der Waals surface area contributed by atoms with Gasteiger partial charge in [-0.15, -0.1) is 0 Å². The lowest BCUT2D eigenvalue weighted by molar-refractivity contribution is -0.511. The molecule has 2 aliphatic rings. The molecule has 5 heteroatoms. The van der Waals surface area contributed by atoms with Gasteiger partial charge in [0, 0.05) is 23.3 Å². The first-order valence-corrected chi connectivity index (χ1v) is 10.5. The van der Waals surface area contributed by atoms with Crippen molar-refractivity contribution in [2.45, 2.75) is 22.6 Å². The smallest absolute Gasteiger partial charge is 0.223 e. The topological polar surface area (TPSA) is 49.2 Å². The number of hydrogen-bond donors (Lipinski definition) is 1. The molecule has 0 spiro atoms. The van der Waals surface area contributed by atoms with Gasteiger partial charge in [-0.05, 0) is 25.1 Å². The third-order valence-corrected chi connectivity index (χ3v) is 7.79. The number of benzene rings is 3. The third-order valence-electron chi connectivity index (χ3n) is 5.51. The van der Waals surface area contributed by atoms with Crippen LogP contribution in [-0.4, -0.2) is 24.1 Å². The van der Waals surface area contributed by atoms with E-state index in [1.54, 1.807) is 12.1 Å². The van der Waals surface area contributed by atoms with Crippen LogP contribution in [0.15, 0.2) is 89.8 Å². The van der Waals surface area contributed by atoms with E-state index in [9.17, 15) is 8.42 Å². The molecule has 0 aliphatic carbocycles. The van der Waals surface area contributed by atoms with Gasteiger partial charge < -0.3 is 0 Å². The molecule has 0 bridgehead atoms. The second kappa shape index (κ2) is 5.54. The number of rotatable bonds is 2. The summed E-state index contributed by atoms with van der Waals surface area (Å²) >= 11 is 0. The molecule has 3 aromatic carbocycles. The van der Waals surface area contributed by atoms with E-state index in [4.69, 9.17) is 0 Å². The van der Waals surface area contributed by atoms with Gasteiger partial charge in [-0.25, -0.2) is 8.42 Å². The molecule has 4 nitrogen and oxygen atoms in total. The predicted molar refractivity (Wildman–Crippen MR) is 105 cm³/mol. The second-order valence-corrected chi connectivity index (χ2v) is 9.16. The maximum atomic E-state index is 13.5. The van der Waals surface area contributed by atoms with Crippen molar-refractivity contribution >= 4 is 21.2 Å². The Morgan fingerprint density at radius 3 is 2.15 bits per heavy atom. The van der Waals surface area contributed by atoms with Crippen LogP contribution in [0.2, 0.25) is 0 Å². The van der Waals surface area contributed by atoms with Crippen LogP contribution in [0.25, 0.3) is 0 Å². The number of nitrogens with zero attached hydrogens (tertiary/aromatic N) is 1. The number of hydrogen-bond acceptors (Lipinski definition) is 3. The standard InChI is InChI=1S/C22H19N2O2S/c1-22-18-14-8-9-15-19(18)27(25,26)21(22)20(16-10-4-2-5-11-16)24(23-22)17-12-6-3-7-13-17/h2-15,21,23H,1H3/q+1. The molecular weight excluding hydrogens is 356 g/mol. The van der Waals surface area contributed by atoms with Crippen LogP contribution in [0, 0.1) is 0 Å². The predicted octanol–water partition coefficient (Wildman–Crippen LogP) is 3.41. The normalized spacial score (nSPS) is 25.0. The fourth-order valence-electron chi connectivity index (χ4n) is 4.34. The van der Waals surface area contributed by atoms with E-state index in [-0.39, 0.29) is 0 Å². The largest absolute Gasteiger partial charge is 0.240 e. The summed E-state index contributed by atoms with van der Waals surface area (Å²) in [7, 11) is -3.52. The first kappa shape index (κ1) is 16.3. The van der Waals surface area contributed by atoms with Crippen molar-refractivity contribution in [3.05, 3.63) is 96.1 Å². The van der Waals surface area contributed by atoms with Crippen LogP contribution in [0.3, 0.4) is 0 Å². The molecule has 2 unspecified atom stereocenters. The fourth-order valence-corrected chi connectivity index (χ4v) is 6.79. The molecule has 0 saturated heterocycles. The number of fused-ring (bicyclic) bond motifs is 3. The summed E-state index contributed by atoms with van der Waals surface area (Å²) in [6.45, 7) is 1.98. The highest BCUT2D eigenvalue weighted by Gasteiger charge is 2.65. The van der Waals surface area contributed by atoms with Crippen molar-refractivity contribution in [2.75, 3.05) is 0 Å². The average molecular weight is 375 g/mol. The van der Waals surface area contributed by atoms with Gasteiger partial charge in [-0.3, -0.25) is 0 Å². The Morgan fingerprint density at radius 1 is 0.852 bits per heavy atom. The Hall–Kier alpha value is -2.92. The Bertz CT molecular complexity index is 1170. The molecule has 2 aliphatic heterocycles. The Balaban J connectivity index is 1.83. The SMILES string of the molecule is CC12N[N+](c3ccccc3)=C(c3ccccc3)C1S(=O)(=O)c1ccccc12. The molecule has 0 amide bonds. The Labute approximate surface area is 158 Å². The minimum atomic E-state index is -3.52. The van der Waals surface area contributed by atoms with Crippen molar-refractivity contribution in [2.24, 2.45) is 0 Å². The first-order valence-electron chi connectivity index (χ1n) is 8.92. The van der Waals surface area contributed by atoms with Gasteiger partial charge in [-0.1, -0.05) is 59.3 Å². The van der Waals surface area contributed by atoms with Crippen LogP contribution < -0.4 is 5.43 Å². The lowest BCUT2D eigenvalue weighted by atomic mass is 9.87. The van der Waals surface area contributed by atoms with Crippen LogP contribution >= 0.6 is 0 Å². The van der Waals surface area contributed by atoms with E-state index in [0.717, 1.165) is 22.5 Å². The molecule has 0 fully saturated rings. The lowest BCUT2D eigenvalue weighted by Gasteiger charge is -2.20. The molecular formula is C22H19N2O2S+. The summed E-state index contributed by atoms with van der Waals surface area (Å²) < 4.78 is 29.0. The van der Waals surface area contributed by atoms with E-state index >= 15 is 0 Å². The molecule has 3 aromatic rings. The maximum Gasteiger partial charge on any atom is 0.240 e. The van der Waals surface area contributed by atoms with Gasteiger partial charge in [0.25, 0.3) is 0 Å². The molecule has 2 atom stereocenters. The lowest BCUT2D eigenvalue weighted by Crippen LogP contribution is -2.44. The van der Waals surface area contributed by atoms with E-state index < -0.39 is 20.6 Å². The van der Waals surface area contributed by atoms with Crippen LogP contribution in [-0.2, 0) is 15.4 Å². The molecule has 1 N–H and O–H groups in total. The molecule has 134 valence electrons. The number of hydrazine groups is 1. The van der Waals surface area contributed by atoms with Crippen molar-refractivity contribution < 1.29 is 13.1 Å². The van der Waals surface area contributed by atoms with E-state index in [1.165, 1.54) is 0 Å². The second-order valence-electron chi connectivity index (χ2n) is 7.16. The van der Waals surface area contributed by atoms with Gasteiger partial charge in [-0.2, -0.15) is 5.43 Å². The summed E-state index contributed by atoms with van der Waals surface area (Å²) in [4.78, 5) is 0.422. The highest BCUT2D eigenvalue weighted by Crippen LogP contribution is 2.48. The van der Waals surface area contributed by atoms with Gasteiger partial charge in [0.1, 0.15) is 5.54 Å². The van der Waals surface area contributed by atoms with Gasteiger partial charge in [0.2, 0.25) is 11.4 Å². The molecule has 2 heterocycles. The molecule has 0 saturated carbocycles. The van der Waals surface area contributed by atoms with Crippen LogP contribution in [0.4, 0.5) is 5.69 Å². The molecule has 0 aromatic heterocycles. The number of sulfone groups is 1. The fraction of sp³-hybridized carbons (Fsp3) is 0.136. The maximum absolute atomic E-state index is 13.5. The minimum absolute atomic E-state index is 0.422. The van der Waals surface area contributed by atoms with Gasteiger partial charge >= 0.3 is 0 Å². The first-order chi connectivity index (χ1) is 13.0. The zero-order valence-electron chi connectivity index (χ0n) is 14.8. The molecule has 5 rings (SSSR count). The summed E-state index contributed by atoms with van der Waals surface area (Å²) in [6.07, 6.45) is 0.